The summed E-state index contributed by atoms with van der Waals surface area (Å²) in [5.74, 6) is 0.499. The van der Waals surface area contributed by atoms with E-state index in [1.54, 1.807) is 18.2 Å². The van der Waals surface area contributed by atoms with E-state index in [1.807, 2.05) is 50.2 Å². The molecule has 1 unspecified atom stereocenters. The maximum atomic E-state index is 11.6. The first-order valence-electron chi connectivity index (χ1n) is 12.0. The lowest BCUT2D eigenvalue weighted by Crippen LogP contribution is -2.36. The molecule has 9 heteroatoms. The van der Waals surface area contributed by atoms with Crippen molar-refractivity contribution in [1.29, 1.82) is 5.26 Å². The van der Waals surface area contributed by atoms with Gasteiger partial charge in [-0.05, 0) is 73.7 Å². The molecule has 0 aliphatic carbocycles. The summed E-state index contributed by atoms with van der Waals surface area (Å²) in [4.78, 5) is 16.2. The van der Waals surface area contributed by atoms with Crippen LogP contribution in [0.3, 0.4) is 0 Å². The van der Waals surface area contributed by atoms with Gasteiger partial charge in [-0.2, -0.15) is 10.2 Å². The van der Waals surface area contributed by atoms with Crippen LogP contribution in [0.4, 0.5) is 0 Å². The van der Waals surface area contributed by atoms with E-state index in [-0.39, 0.29) is 24.4 Å². The Balaban J connectivity index is 0.00000320. The predicted octanol–water partition coefficient (Wildman–Crippen LogP) is 5.24. The number of halogens is 1. The second kappa shape index (κ2) is 11.0. The number of benzene rings is 3. The smallest absolute Gasteiger partial charge is 0.320 e. The molecule has 0 saturated carbocycles. The van der Waals surface area contributed by atoms with E-state index in [2.05, 4.69) is 21.5 Å². The van der Waals surface area contributed by atoms with Crippen LogP contribution >= 0.6 is 12.4 Å². The number of nitrogens with zero attached hydrogens (tertiary/aromatic N) is 3. The molecule has 2 heterocycles. The highest BCUT2D eigenvalue weighted by atomic mass is 35.5. The summed E-state index contributed by atoms with van der Waals surface area (Å²) in [5, 5.41) is 28.4. The van der Waals surface area contributed by atoms with Crippen LogP contribution in [0.2, 0.25) is 0 Å². The Hall–Kier alpha value is -3.93. The Morgan fingerprint density at radius 2 is 2.00 bits per heavy atom. The van der Waals surface area contributed by atoms with Gasteiger partial charge in [-0.15, -0.1) is 12.4 Å². The zero-order valence-corrected chi connectivity index (χ0v) is 21.3. The van der Waals surface area contributed by atoms with Crippen LogP contribution in [0.15, 0.2) is 59.1 Å². The van der Waals surface area contributed by atoms with Gasteiger partial charge >= 0.3 is 5.97 Å². The predicted molar refractivity (Wildman–Crippen MR) is 142 cm³/mol. The molecule has 8 nitrogen and oxygen atoms in total. The second-order valence-electron chi connectivity index (χ2n) is 9.25. The van der Waals surface area contributed by atoms with Crippen LogP contribution in [0.1, 0.15) is 31.4 Å². The average molecular weight is 519 g/mol. The third-order valence-electron chi connectivity index (χ3n) is 6.49. The summed E-state index contributed by atoms with van der Waals surface area (Å²) in [6.45, 7) is 4.52. The number of hydrogen-bond donors (Lipinski definition) is 2. The molecule has 0 spiro atoms. The van der Waals surface area contributed by atoms with Crippen LogP contribution in [0.5, 0.6) is 5.75 Å². The highest BCUT2D eigenvalue weighted by molar-refractivity contribution is 5.97. The maximum Gasteiger partial charge on any atom is 0.320 e. The topological polar surface area (TPSA) is 121 Å². The summed E-state index contributed by atoms with van der Waals surface area (Å²) in [6, 6.07) is 18.8. The number of carboxylic acids is 1. The Morgan fingerprint density at radius 3 is 2.73 bits per heavy atom. The molecule has 0 bridgehead atoms. The van der Waals surface area contributed by atoms with Crippen LogP contribution in [0, 0.1) is 17.2 Å². The number of hydrogen-bond acceptors (Lipinski definition) is 7. The minimum Gasteiger partial charge on any atom is -0.490 e. The molecule has 2 atom stereocenters. The molecule has 3 aromatic carbocycles. The number of aliphatic carboxylic acids is 1. The van der Waals surface area contributed by atoms with E-state index < -0.39 is 12.0 Å². The van der Waals surface area contributed by atoms with E-state index in [4.69, 9.17) is 9.26 Å². The first kappa shape index (κ1) is 26.1. The monoisotopic (exact) mass is 518 g/mol. The number of rotatable bonds is 7. The molecule has 0 amide bonds. The summed E-state index contributed by atoms with van der Waals surface area (Å²) < 4.78 is 11.3. The number of fused-ring (bicyclic) bond motifs is 1. The van der Waals surface area contributed by atoms with Gasteiger partial charge in [-0.1, -0.05) is 41.6 Å². The molecule has 190 valence electrons. The fourth-order valence-electron chi connectivity index (χ4n) is 4.84. The number of aromatic nitrogens is 2. The summed E-state index contributed by atoms with van der Waals surface area (Å²) >= 11 is 0. The average Bonchev–Trinajstić information content (AvgIpc) is 3.54. The normalized spacial score (nSPS) is 16.9. The van der Waals surface area contributed by atoms with Crippen molar-refractivity contribution in [2.24, 2.45) is 5.92 Å². The molecule has 0 radical (unpaired) electrons. The summed E-state index contributed by atoms with van der Waals surface area (Å²) in [6.07, 6.45) is 1.45. The van der Waals surface area contributed by atoms with Gasteiger partial charge in [0.1, 0.15) is 17.9 Å². The van der Waals surface area contributed by atoms with E-state index >= 15 is 0 Å². The van der Waals surface area contributed by atoms with Crippen molar-refractivity contribution in [3.05, 3.63) is 65.7 Å². The van der Waals surface area contributed by atoms with Crippen LogP contribution in [0.25, 0.3) is 33.6 Å². The van der Waals surface area contributed by atoms with Crippen LogP contribution in [-0.2, 0) is 11.2 Å². The van der Waals surface area contributed by atoms with Gasteiger partial charge in [0.2, 0.25) is 5.82 Å². The first-order valence-corrected chi connectivity index (χ1v) is 12.0. The third kappa shape index (κ3) is 5.29. The minimum atomic E-state index is -0.805. The van der Waals surface area contributed by atoms with Crippen molar-refractivity contribution in [1.82, 2.24) is 15.5 Å². The first-order chi connectivity index (χ1) is 17.4. The SMILES string of the molecule is CC(C)Oc1ccc(-c2nc(-c3ccc(CC4CCN[C@@H]4C(=O)O)c4ccccc34)no2)cc1C#N.Cl. The molecule has 1 aliphatic heterocycles. The van der Waals surface area contributed by atoms with E-state index in [0.29, 0.717) is 41.6 Å². The highest BCUT2D eigenvalue weighted by Gasteiger charge is 2.32. The van der Waals surface area contributed by atoms with Crippen LogP contribution in [-0.4, -0.2) is 39.9 Å². The number of carboxylic acid groups (broad SMARTS) is 1. The molecule has 1 saturated heterocycles. The summed E-state index contributed by atoms with van der Waals surface area (Å²) in [5.41, 5.74) is 2.95. The van der Waals surface area contributed by atoms with Crippen molar-refractivity contribution in [2.75, 3.05) is 6.54 Å². The van der Waals surface area contributed by atoms with Gasteiger partial charge in [-0.3, -0.25) is 4.79 Å². The number of nitriles is 1. The molecular weight excluding hydrogens is 492 g/mol. The van der Waals surface area contributed by atoms with E-state index in [0.717, 1.165) is 28.3 Å². The van der Waals surface area contributed by atoms with E-state index in [1.165, 1.54) is 0 Å². The number of nitrogens with one attached hydrogen (secondary N) is 1. The molecule has 4 aromatic rings. The van der Waals surface area contributed by atoms with Crippen LogP contribution < -0.4 is 10.1 Å². The van der Waals surface area contributed by atoms with Gasteiger partial charge in [0, 0.05) is 11.1 Å². The van der Waals surface area contributed by atoms with Crippen molar-refractivity contribution in [3.63, 3.8) is 0 Å². The second-order valence-corrected chi connectivity index (χ2v) is 9.25. The Labute approximate surface area is 220 Å². The zero-order chi connectivity index (χ0) is 25.2. The van der Waals surface area contributed by atoms with Crippen molar-refractivity contribution >= 4 is 29.1 Å². The third-order valence-corrected chi connectivity index (χ3v) is 6.49. The largest absolute Gasteiger partial charge is 0.490 e. The zero-order valence-electron chi connectivity index (χ0n) is 20.5. The van der Waals surface area contributed by atoms with Crippen molar-refractivity contribution in [2.45, 2.75) is 38.8 Å². The minimum absolute atomic E-state index is 0. The fraction of sp³-hybridized carbons (Fsp3) is 0.286. The molecule has 2 N–H and O–H groups in total. The molecule has 1 aliphatic rings. The fourth-order valence-corrected chi connectivity index (χ4v) is 4.84. The Bertz CT molecular complexity index is 1480. The number of carbonyl (C=O) groups is 1. The van der Waals surface area contributed by atoms with Gasteiger partial charge in [0.15, 0.2) is 0 Å². The molecule has 1 aromatic heterocycles. The lowest BCUT2D eigenvalue weighted by Gasteiger charge is -2.17. The molecule has 37 heavy (non-hydrogen) atoms. The van der Waals surface area contributed by atoms with Gasteiger partial charge < -0.3 is 19.7 Å². The quantitative estimate of drug-likeness (QED) is 0.340. The Morgan fingerprint density at radius 1 is 1.22 bits per heavy atom. The molecule has 5 rings (SSSR count). The van der Waals surface area contributed by atoms with Gasteiger partial charge in [0.25, 0.3) is 5.89 Å². The van der Waals surface area contributed by atoms with Crippen molar-refractivity contribution in [3.8, 4) is 34.7 Å². The highest BCUT2D eigenvalue weighted by Crippen LogP contribution is 2.34. The van der Waals surface area contributed by atoms with Gasteiger partial charge in [-0.25, -0.2) is 0 Å². The lowest BCUT2D eigenvalue weighted by atomic mass is 9.89. The summed E-state index contributed by atoms with van der Waals surface area (Å²) in [7, 11) is 0. The maximum absolute atomic E-state index is 11.6. The standard InChI is InChI=1S/C28H26N4O4.ClH/c1-16(2)35-24-10-8-19(14-20(24)15-29)27-31-26(32-36-27)23-9-7-17(21-5-3-4-6-22(21)23)13-18-11-12-30-25(18)28(33)34;/h3-10,14,16,18,25,30H,11-13H2,1-2H3,(H,33,34);1H/t18?,25-;/m0./s1. The van der Waals surface area contributed by atoms with E-state index in [9.17, 15) is 15.2 Å². The van der Waals surface area contributed by atoms with Gasteiger partial charge in [0.05, 0.1) is 11.7 Å². The number of ether oxygens (including phenoxy) is 1. The molecular formula is C28H27ClN4O4. The van der Waals surface area contributed by atoms with Crippen molar-refractivity contribution < 1.29 is 19.2 Å². The Kier molecular flexibility index (Phi) is 7.77. The lowest BCUT2D eigenvalue weighted by molar-refractivity contribution is -0.140. The molecule has 1 fully saturated rings.